The van der Waals surface area contributed by atoms with Gasteiger partial charge in [-0.15, -0.1) is 0 Å². The van der Waals surface area contributed by atoms with Crippen LogP contribution in [0.25, 0.3) is 11.3 Å². The third-order valence-corrected chi connectivity index (χ3v) is 3.57. The fourth-order valence-corrected chi connectivity index (χ4v) is 2.66. The zero-order chi connectivity index (χ0) is 16.3. The number of aromatic nitrogens is 1. The number of amides is 1. The van der Waals surface area contributed by atoms with Crippen LogP contribution in [0.5, 0.6) is 0 Å². The van der Waals surface area contributed by atoms with Crippen LogP contribution in [0, 0.1) is 0 Å². The summed E-state index contributed by atoms with van der Waals surface area (Å²) in [5.41, 5.74) is 8.56. The SMILES string of the molecule is CC(C)N(C(=O)c1ccccc1-c1ccc(N)cn1)C(C)C. The van der Waals surface area contributed by atoms with Gasteiger partial charge in [-0.1, -0.05) is 18.2 Å². The van der Waals surface area contributed by atoms with Crippen molar-refractivity contribution in [3.05, 3.63) is 48.2 Å². The second-order valence-corrected chi connectivity index (χ2v) is 5.92. The van der Waals surface area contributed by atoms with Crippen molar-refractivity contribution in [3.8, 4) is 11.3 Å². The highest BCUT2D eigenvalue weighted by atomic mass is 16.2. The largest absolute Gasteiger partial charge is 0.397 e. The van der Waals surface area contributed by atoms with Crippen LogP contribution < -0.4 is 5.73 Å². The molecule has 116 valence electrons. The van der Waals surface area contributed by atoms with E-state index >= 15 is 0 Å². The predicted octanol–water partition coefficient (Wildman–Crippen LogP) is 3.59. The minimum absolute atomic E-state index is 0.0271. The second kappa shape index (κ2) is 6.60. The third-order valence-electron chi connectivity index (χ3n) is 3.57. The molecule has 0 atom stereocenters. The fraction of sp³-hybridized carbons (Fsp3) is 0.333. The zero-order valence-corrected chi connectivity index (χ0v) is 13.6. The molecule has 2 N–H and O–H groups in total. The lowest BCUT2D eigenvalue weighted by atomic mass is 10.0. The van der Waals surface area contributed by atoms with Crippen LogP contribution in [0.2, 0.25) is 0 Å². The van der Waals surface area contributed by atoms with Crippen LogP contribution >= 0.6 is 0 Å². The molecule has 0 saturated carbocycles. The van der Waals surface area contributed by atoms with Gasteiger partial charge in [0.25, 0.3) is 5.91 Å². The van der Waals surface area contributed by atoms with E-state index < -0.39 is 0 Å². The summed E-state index contributed by atoms with van der Waals surface area (Å²) in [4.78, 5) is 19.2. The summed E-state index contributed by atoms with van der Waals surface area (Å²) in [5.74, 6) is 0.0271. The van der Waals surface area contributed by atoms with E-state index in [9.17, 15) is 4.79 Å². The van der Waals surface area contributed by atoms with Gasteiger partial charge in [-0.05, 0) is 45.9 Å². The highest BCUT2D eigenvalue weighted by molar-refractivity contribution is 6.00. The van der Waals surface area contributed by atoms with E-state index in [-0.39, 0.29) is 18.0 Å². The van der Waals surface area contributed by atoms with Gasteiger partial charge in [0.1, 0.15) is 0 Å². The fourth-order valence-electron chi connectivity index (χ4n) is 2.66. The summed E-state index contributed by atoms with van der Waals surface area (Å²) in [6, 6.07) is 11.5. The van der Waals surface area contributed by atoms with Crippen molar-refractivity contribution in [1.82, 2.24) is 9.88 Å². The summed E-state index contributed by atoms with van der Waals surface area (Å²) in [5, 5.41) is 0. The summed E-state index contributed by atoms with van der Waals surface area (Å²) < 4.78 is 0. The van der Waals surface area contributed by atoms with Crippen LogP contribution in [-0.4, -0.2) is 27.9 Å². The maximum Gasteiger partial charge on any atom is 0.255 e. The number of nitrogens with zero attached hydrogens (tertiary/aromatic N) is 2. The van der Waals surface area contributed by atoms with E-state index in [2.05, 4.69) is 4.98 Å². The molecule has 4 nitrogen and oxygen atoms in total. The number of hydrogen-bond acceptors (Lipinski definition) is 3. The van der Waals surface area contributed by atoms with Crippen LogP contribution in [0.1, 0.15) is 38.1 Å². The molecular formula is C18H23N3O. The summed E-state index contributed by atoms with van der Waals surface area (Å²) in [6.45, 7) is 8.12. The van der Waals surface area contributed by atoms with Crippen LogP contribution in [0.4, 0.5) is 5.69 Å². The Balaban J connectivity index is 2.48. The molecule has 1 aromatic heterocycles. The van der Waals surface area contributed by atoms with Gasteiger partial charge in [0.2, 0.25) is 0 Å². The van der Waals surface area contributed by atoms with E-state index in [0.29, 0.717) is 11.3 Å². The number of nitrogen functional groups attached to an aromatic ring is 1. The van der Waals surface area contributed by atoms with Crippen LogP contribution in [-0.2, 0) is 0 Å². The van der Waals surface area contributed by atoms with Crippen LogP contribution in [0.15, 0.2) is 42.6 Å². The molecule has 4 heteroatoms. The first-order valence-electron chi connectivity index (χ1n) is 7.55. The molecule has 22 heavy (non-hydrogen) atoms. The first kappa shape index (κ1) is 16.0. The lowest BCUT2D eigenvalue weighted by Crippen LogP contribution is -2.42. The third kappa shape index (κ3) is 3.27. The van der Waals surface area contributed by atoms with Gasteiger partial charge < -0.3 is 10.6 Å². The number of rotatable bonds is 4. The maximum absolute atomic E-state index is 13.0. The molecule has 0 spiro atoms. The molecule has 0 fully saturated rings. The Morgan fingerprint density at radius 3 is 2.23 bits per heavy atom. The van der Waals surface area contributed by atoms with Gasteiger partial charge in [-0.3, -0.25) is 9.78 Å². The van der Waals surface area contributed by atoms with Gasteiger partial charge in [-0.25, -0.2) is 0 Å². The van der Waals surface area contributed by atoms with E-state index in [0.717, 1.165) is 11.3 Å². The number of carbonyl (C=O) groups is 1. The van der Waals surface area contributed by atoms with Gasteiger partial charge >= 0.3 is 0 Å². The first-order chi connectivity index (χ1) is 10.4. The van der Waals surface area contributed by atoms with E-state index in [1.54, 1.807) is 12.3 Å². The Kier molecular flexibility index (Phi) is 4.81. The molecule has 2 rings (SSSR count). The molecular weight excluding hydrogens is 274 g/mol. The lowest BCUT2D eigenvalue weighted by molar-refractivity contribution is 0.0644. The molecule has 0 bridgehead atoms. The quantitative estimate of drug-likeness (QED) is 0.938. The monoisotopic (exact) mass is 297 g/mol. The lowest BCUT2D eigenvalue weighted by Gasteiger charge is -2.31. The highest BCUT2D eigenvalue weighted by Gasteiger charge is 2.24. The van der Waals surface area contributed by atoms with Crippen molar-refractivity contribution >= 4 is 11.6 Å². The predicted molar refractivity (Wildman–Crippen MR) is 90.5 cm³/mol. The average Bonchev–Trinajstić information content (AvgIpc) is 2.47. The van der Waals surface area contributed by atoms with Crippen molar-refractivity contribution in [2.45, 2.75) is 39.8 Å². The molecule has 1 heterocycles. The Bertz CT molecular complexity index is 640. The number of carbonyl (C=O) groups excluding carboxylic acids is 1. The van der Waals surface area contributed by atoms with Gasteiger partial charge in [0.05, 0.1) is 17.6 Å². The van der Waals surface area contributed by atoms with E-state index in [1.165, 1.54) is 0 Å². The van der Waals surface area contributed by atoms with Gasteiger partial charge in [-0.2, -0.15) is 0 Å². The maximum atomic E-state index is 13.0. The molecule has 2 aromatic rings. The van der Waals surface area contributed by atoms with Crippen molar-refractivity contribution in [3.63, 3.8) is 0 Å². The molecule has 0 saturated heterocycles. The molecule has 0 aliphatic rings. The van der Waals surface area contributed by atoms with Crippen LogP contribution in [0.3, 0.4) is 0 Å². The molecule has 1 amide bonds. The Morgan fingerprint density at radius 2 is 1.68 bits per heavy atom. The van der Waals surface area contributed by atoms with Crippen molar-refractivity contribution in [2.24, 2.45) is 0 Å². The number of anilines is 1. The van der Waals surface area contributed by atoms with Crippen molar-refractivity contribution in [1.29, 1.82) is 0 Å². The Morgan fingerprint density at radius 1 is 1.05 bits per heavy atom. The first-order valence-corrected chi connectivity index (χ1v) is 7.55. The second-order valence-electron chi connectivity index (χ2n) is 5.92. The van der Waals surface area contributed by atoms with Gasteiger partial charge in [0, 0.05) is 23.2 Å². The number of nitrogens with two attached hydrogens (primary N) is 1. The minimum Gasteiger partial charge on any atom is -0.397 e. The summed E-state index contributed by atoms with van der Waals surface area (Å²) in [7, 11) is 0. The highest BCUT2D eigenvalue weighted by Crippen LogP contribution is 2.25. The molecule has 0 aliphatic heterocycles. The topological polar surface area (TPSA) is 59.2 Å². The Hall–Kier alpha value is -2.36. The smallest absolute Gasteiger partial charge is 0.255 e. The van der Waals surface area contributed by atoms with E-state index in [4.69, 9.17) is 5.73 Å². The molecule has 0 radical (unpaired) electrons. The number of hydrogen-bond donors (Lipinski definition) is 1. The standard InChI is InChI=1S/C18H23N3O/c1-12(2)21(13(3)4)18(22)16-8-6-5-7-15(16)17-10-9-14(19)11-20-17/h5-13H,19H2,1-4H3. The van der Waals surface area contributed by atoms with Gasteiger partial charge in [0.15, 0.2) is 0 Å². The normalized spacial score (nSPS) is 11.0. The zero-order valence-electron chi connectivity index (χ0n) is 13.6. The summed E-state index contributed by atoms with van der Waals surface area (Å²) in [6.07, 6.45) is 1.61. The summed E-state index contributed by atoms with van der Waals surface area (Å²) >= 11 is 0. The number of benzene rings is 1. The van der Waals surface area contributed by atoms with Crippen molar-refractivity contribution < 1.29 is 4.79 Å². The molecule has 0 unspecified atom stereocenters. The average molecular weight is 297 g/mol. The number of pyridine rings is 1. The van der Waals surface area contributed by atoms with Crippen molar-refractivity contribution in [2.75, 3.05) is 5.73 Å². The minimum atomic E-state index is 0.0271. The van der Waals surface area contributed by atoms with E-state index in [1.807, 2.05) is 62.9 Å². The molecule has 1 aromatic carbocycles. The molecule has 0 aliphatic carbocycles. The Labute approximate surface area is 132 Å².